The van der Waals surface area contributed by atoms with Crippen LogP contribution in [0, 0.1) is 12.3 Å². The molecule has 1 rings (SSSR count). The lowest BCUT2D eigenvalue weighted by atomic mass is 9.93. The molecule has 0 unspecified atom stereocenters. The van der Waals surface area contributed by atoms with Crippen LogP contribution in [-0.4, -0.2) is 17.6 Å². The first-order chi connectivity index (χ1) is 8.33. The number of carbonyl (C=O) groups is 1. The summed E-state index contributed by atoms with van der Waals surface area (Å²) in [5, 5.41) is 0. The van der Waals surface area contributed by atoms with Gasteiger partial charge in [-0.3, -0.25) is 9.59 Å². The first kappa shape index (κ1) is 14.4. The van der Waals surface area contributed by atoms with Gasteiger partial charge >= 0.3 is 5.97 Å². The van der Waals surface area contributed by atoms with Crippen LogP contribution in [0.4, 0.5) is 0 Å². The van der Waals surface area contributed by atoms with Crippen LogP contribution >= 0.6 is 0 Å². The van der Waals surface area contributed by atoms with Crippen molar-refractivity contribution in [3.8, 4) is 0 Å². The van der Waals surface area contributed by atoms with Gasteiger partial charge in [-0.2, -0.15) is 0 Å². The van der Waals surface area contributed by atoms with Gasteiger partial charge in [0.1, 0.15) is 0 Å². The average molecular weight is 252 g/mol. The van der Waals surface area contributed by atoms with Crippen molar-refractivity contribution in [2.45, 2.75) is 33.9 Å². The number of carbonyl (C=O) groups excluding carboxylic acids is 1. The monoisotopic (exact) mass is 252 g/mol. The van der Waals surface area contributed by atoms with E-state index in [0.717, 1.165) is 5.69 Å². The van der Waals surface area contributed by atoms with Gasteiger partial charge in [0.05, 0.1) is 12.5 Å². The minimum Gasteiger partial charge on any atom is -0.469 e. The van der Waals surface area contributed by atoms with E-state index in [2.05, 4.69) is 0 Å². The van der Waals surface area contributed by atoms with Gasteiger partial charge in [0.25, 0.3) is 5.56 Å². The number of nitrogens with two attached hydrogens (primary N) is 1. The summed E-state index contributed by atoms with van der Waals surface area (Å²) in [5.41, 5.74) is 5.96. The zero-order chi connectivity index (χ0) is 13.9. The predicted molar refractivity (Wildman–Crippen MR) is 69.1 cm³/mol. The zero-order valence-electron chi connectivity index (χ0n) is 11.3. The molecule has 1 heterocycles. The van der Waals surface area contributed by atoms with E-state index in [1.807, 2.05) is 13.0 Å². The van der Waals surface area contributed by atoms with Crippen LogP contribution in [0.15, 0.2) is 16.9 Å². The highest BCUT2D eigenvalue weighted by Crippen LogP contribution is 2.20. The number of methoxy groups -OCH3 is 1. The molecule has 0 aliphatic heterocycles. The standard InChI is InChI=1S/C13H20N2O3/c1-9-5-6-10(7-14)11(16)15(9)8-13(2,3)12(17)18-4/h5-6H,7-8,14H2,1-4H3. The van der Waals surface area contributed by atoms with Crippen molar-refractivity contribution in [2.24, 2.45) is 11.1 Å². The second kappa shape index (κ2) is 5.35. The van der Waals surface area contributed by atoms with E-state index < -0.39 is 5.41 Å². The molecular weight excluding hydrogens is 232 g/mol. The molecule has 0 atom stereocenters. The van der Waals surface area contributed by atoms with E-state index in [4.69, 9.17) is 10.5 Å². The summed E-state index contributed by atoms with van der Waals surface area (Å²) >= 11 is 0. The fourth-order valence-electron chi connectivity index (χ4n) is 1.80. The van der Waals surface area contributed by atoms with Gasteiger partial charge in [0, 0.05) is 24.3 Å². The third-order valence-electron chi connectivity index (χ3n) is 2.98. The molecule has 2 N–H and O–H groups in total. The molecular formula is C13H20N2O3. The largest absolute Gasteiger partial charge is 0.469 e. The van der Waals surface area contributed by atoms with Crippen LogP contribution in [0.2, 0.25) is 0 Å². The Morgan fingerprint density at radius 1 is 1.44 bits per heavy atom. The summed E-state index contributed by atoms with van der Waals surface area (Å²) < 4.78 is 6.31. The van der Waals surface area contributed by atoms with Crippen molar-refractivity contribution in [3.05, 3.63) is 33.7 Å². The molecule has 0 amide bonds. The Bertz CT molecular complexity index is 503. The number of nitrogens with zero attached hydrogens (tertiary/aromatic N) is 1. The lowest BCUT2D eigenvalue weighted by molar-refractivity contribution is -0.151. The maximum Gasteiger partial charge on any atom is 0.313 e. The first-order valence-corrected chi connectivity index (χ1v) is 5.81. The van der Waals surface area contributed by atoms with E-state index in [0.29, 0.717) is 5.56 Å². The summed E-state index contributed by atoms with van der Waals surface area (Å²) in [4.78, 5) is 23.8. The van der Waals surface area contributed by atoms with Gasteiger partial charge in [-0.1, -0.05) is 6.07 Å². The highest BCUT2D eigenvalue weighted by molar-refractivity contribution is 5.75. The maximum atomic E-state index is 12.1. The van der Waals surface area contributed by atoms with Gasteiger partial charge in [-0.05, 0) is 26.8 Å². The molecule has 0 spiro atoms. The van der Waals surface area contributed by atoms with Gasteiger partial charge < -0.3 is 15.0 Å². The van der Waals surface area contributed by atoms with Gasteiger partial charge in [0.2, 0.25) is 0 Å². The Labute approximate surface area is 107 Å². The fraction of sp³-hybridized carbons (Fsp3) is 0.538. The molecule has 1 aromatic heterocycles. The van der Waals surface area contributed by atoms with E-state index in [9.17, 15) is 9.59 Å². The molecule has 0 fully saturated rings. The number of aryl methyl sites for hydroxylation is 1. The molecule has 5 nitrogen and oxygen atoms in total. The van der Waals surface area contributed by atoms with Crippen molar-refractivity contribution in [3.63, 3.8) is 0 Å². The van der Waals surface area contributed by atoms with Gasteiger partial charge in [0.15, 0.2) is 0 Å². The highest BCUT2D eigenvalue weighted by atomic mass is 16.5. The van der Waals surface area contributed by atoms with E-state index in [1.54, 1.807) is 24.5 Å². The van der Waals surface area contributed by atoms with Crippen molar-refractivity contribution in [2.75, 3.05) is 7.11 Å². The molecule has 1 aromatic rings. The van der Waals surface area contributed by atoms with E-state index in [-0.39, 0.29) is 24.6 Å². The normalized spacial score (nSPS) is 11.4. The zero-order valence-corrected chi connectivity index (χ0v) is 11.3. The first-order valence-electron chi connectivity index (χ1n) is 5.81. The summed E-state index contributed by atoms with van der Waals surface area (Å²) in [7, 11) is 1.34. The number of aromatic nitrogens is 1. The third kappa shape index (κ3) is 2.79. The Morgan fingerprint density at radius 3 is 2.56 bits per heavy atom. The molecule has 100 valence electrons. The lowest BCUT2D eigenvalue weighted by Gasteiger charge is -2.24. The predicted octanol–water partition coefficient (Wildman–Crippen LogP) is 0.815. The lowest BCUT2D eigenvalue weighted by Crippen LogP contribution is -2.37. The Morgan fingerprint density at radius 2 is 2.06 bits per heavy atom. The number of hydrogen-bond acceptors (Lipinski definition) is 4. The molecule has 0 aliphatic carbocycles. The molecule has 0 radical (unpaired) electrons. The molecule has 18 heavy (non-hydrogen) atoms. The van der Waals surface area contributed by atoms with Gasteiger partial charge in [-0.15, -0.1) is 0 Å². The number of pyridine rings is 1. The van der Waals surface area contributed by atoms with Crippen LogP contribution in [-0.2, 0) is 22.6 Å². The second-order valence-corrected chi connectivity index (χ2v) is 4.97. The van der Waals surface area contributed by atoms with E-state index >= 15 is 0 Å². The average Bonchev–Trinajstić information content (AvgIpc) is 2.33. The summed E-state index contributed by atoms with van der Waals surface area (Å²) in [6, 6.07) is 3.55. The number of hydrogen-bond donors (Lipinski definition) is 1. The minimum atomic E-state index is -0.753. The van der Waals surface area contributed by atoms with Crippen molar-refractivity contribution < 1.29 is 9.53 Å². The summed E-state index contributed by atoms with van der Waals surface area (Å²) in [6.07, 6.45) is 0. The minimum absolute atomic E-state index is 0.144. The van der Waals surface area contributed by atoms with Crippen molar-refractivity contribution >= 4 is 5.97 Å². The fourth-order valence-corrected chi connectivity index (χ4v) is 1.80. The van der Waals surface area contributed by atoms with Crippen LogP contribution in [0.1, 0.15) is 25.1 Å². The van der Waals surface area contributed by atoms with E-state index in [1.165, 1.54) is 7.11 Å². The summed E-state index contributed by atoms with van der Waals surface area (Å²) in [5.74, 6) is -0.341. The maximum absolute atomic E-state index is 12.1. The smallest absolute Gasteiger partial charge is 0.313 e. The Hall–Kier alpha value is -1.62. The van der Waals surface area contributed by atoms with Gasteiger partial charge in [-0.25, -0.2) is 0 Å². The van der Waals surface area contributed by atoms with Crippen LogP contribution in [0.25, 0.3) is 0 Å². The number of rotatable bonds is 4. The SMILES string of the molecule is COC(=O)C(C)(C)Cn1c(C)ccc(CN)c1=O. The Balaban J connectivity index is 3.19. The molecule has 0 bridgehead atoms. The molecule has 0 saturated carbocycles. The van der Waals surface area contributed by atoms with Crippen LogP contribution in [0.3, 0.4) is 0 Å². The molecule has 5 heteroatoms. The Kier molecular flexibility index (Phi) is 4.29. The third-order valence-corrected chi connectivity index (χ3v) is 2.98. The van der Waals surface area contributed by atoms with Crippen molar-refractivity contribution in [1.82, 2.24) is 4.57 Å². The highest BCUT2D eigenvalue weighted by Gasteiger charge is 2.30. The second-order valence-electron chi connectivity index (χ2n) is 4.97. The summed E-state index contributed by atoms with van der Waals surface area (Å²) in [6.45, 7) is 5.80. The quantitative estimate of drug-likeness (QED) is 0.805. The molecule has 0 aromatic carbocycles. The number of ether oxygens (including phenoxy) is 1. The topological polar surface area (TPSA) is 74.3 Å². The van der Waals surface area contributed by atoms with Crippen molar-refractivity contribution in [1.29, 1.82) is 0 Å². The molecule has 0 saturated heterocycles. The van der Waals surface area contributed by atoms with Crippen LogP contribution < -0.4 is 11.3 Å². The number of esters is 1. The molecule has 0 aliphatic rings. The van der Waals surface area contributed by atoms with Crippen LogP contribution in [0.5, 0.6) is 0 Å².